The largest absolute Gasteiger partial charge is 0.335 e. The number of hydrogen-bond donors (Lipinski definition) is 0. The number of rotatable bonds is 4. The van der Waals surface area contributed by atoms with Crippen LogP contribution in [0.5, 0.6) is 0 Å². The molecule has 2 fully saturated rings. The predicted molar refractivity (Wildman–Crippen MR) is 111 cm³/mol. The fourth-order valence-corrected chi connectivity index (χ4v) is 5.88. The lowest BCUT2D eigenvalue weighted by Gasteiger charge is -2.25. The maximum absolute atomic E-state index is 13.1. The molecule has 0 aliphatic carbocycles. The molecule has 2 aliphatic rings. The highest BCUT2D eigenvalue weighted by Gasteiger charge is 2.31. The normalized spacial score (nSPS) is 21.2. The molecule has 2 heterocycles. The summed E-state index contributed by atoms with van der Waals surface area (Å²) in [5.74, 6) is 0.177. The van der Waals surface area contributed by atoms with Gasteiger partial charge in [-0.1, -0.05) is 29.8 Å². The van der Waals surface area contributed by atoms with Gasteiger partial charge in [0.1, 0.15) is 0 Å². The van der Waals surface area contributed by atoms with Gasteiger partial charge in [0.05, 0.1) is 11.4 Å². The molecule has 0 aromatic heterocycles. The SMILES string of the molecule is O=C(c1ccc(N2CCCS2(=O)=O)cc1)N1CCCC1Cc1ccccc1Cl. The van der Waals surface area contributed by atoms with E-state index in [1.54, 1.807) is 24.3 Å². The Balaban J connectivity index is 1.50. The monoisotopic (exact) mass is 418 g/mol. The van der Waals surface area contributed by atoms with Crippen LogP contribution < -0.4 is 4.31 Å². The number of nitrogens with zero attached hydrogens (tertiary/aromatic N) is 2. The minimum absolute atomic E-state index is 0.00890. The van der Waals surface area contributed by atoms with Gasteiger partial charge in [-0.15, -0.1) is 0 Å². The second kappa shape index (κ2) is 7.76. The molecule has 28 heavy (non-hydrogen) atoms. The average Bonchev–Trinajstić information content (AvgIpc) is 3.29. The summed E-state index contributed by atoms with van der Waals surface area (Å²) in [7, 11) is -3.21. The van der Waals surface area contributed by atoms with Crippen LogP contribution in [0.15, 0.2) is 48.5 Å². The number of halogens is 1. The highest BCUT2D eigenvalue weighted by molar-refractivity contribution is 7.93. The van der Waals surface area contributed by atoms with Gasteiger partial charge in [-0.2, -0.15) is 0 Å². The zero-order valence-electron chi connectivity index (χ0n) is 15.6. The van der Waals surface area contributed by atoms with E-state index in [4.69, 9.17) is 11.6 Å². The number of sulfonamides is 1. The second-order valence-electron chi connectivity index (χ2n) is 7.38. The smallest absolute Gasteiger partial charge is 0.254 e. The van der Waals surface area contributed by atoms with Crippen molar-refractivity contribution < 1.29 is 13.2 Å². The zero-order chi connectivity index (χ0) is 19.7. The van der Waals surface area contributed by atoms with E-state index in [0.29, 0.717) is 24.2 Å². The molecule has 2 aliphatic heterocycles. The van der Waals surface area contributed by atoms with E-state index < -0.39 is 10.0 Å². The molecule has 148 valence electrons. The van der Waals surface area contributed by atoms with Crippen LogP contribution in [-0.2, 0) is 16.4 Å². The standard InChI is InChI=1S/C21H23ClN2O3S/c22-20-7-2-1-5-17(20)15-19-6-3-12-23(19)21(25)16-8-10-18(11-9-16)24-13-4-14-28(24,26)27/h1-2,5,7-11,19H,3-4,6,12-15H2. The van der Waals surface area contributed by atoms with Crippen molar-refractivity contribution in [1.82, 2.24) is 4.90 Å². The molecule has 2 saturated heterocycles. The Hall–Kier alpha value is -2.05. The fraction of sp³-hybridized carbons (Fsp3) is 0.381. The predicted octanol–water partition coefficient (Wildman–Crippen LogP) is 3.73. The van der Waals surface area contributed by atoms with Crippen molar-refractivity contribution in [2.24, 2.45) is 0 Å². The fourth-order valence-electron chi connectivity index (χ4n) is 4.10. The summed E-state index contributed by atoms with van der Waals surface area (Å²) in [6.07, 6.45) is 3.32. The number of carbonyl (C=O) groups is 1. The van der Waals surface area contributed by atoms with E-state index in [9.17, 15) is 13.2 Å². The van der Waals surface area contributed by atoms with Crippen molar-refractivity contribution in [2.75, 3.05) is 23.1 Å². The highest BCUT2D eigenvalue weighted by atomic mass is 35.5. The van der Waals surface area contributed by atoms with E-state index >= 15 is 0 Å². The summed E-state index contributed by atoms with van der Waals surface area (Å²) < 4.78 is 25.6. The third-order valence-corrected chi connectivity index (χ3v) is 7.79. The maximum Gasteiger partial charge on any atom is 0.254 e. The van der Waals surface area contributed by atoms with E-state index in [1.165, 1.54) is 4.31 Å². The van der Waals surface area contributed by atoms with E-state index in [0.717, 1.165) is 36.4 Å². The van der Waals surface area contributed by atoms with Crippen LogP contribution >= 0.6 is 11.6 Å². The number of carbonyl (C=O) groups excluding carboxylic acids is 1. The molecular formula is C21H23ClN2O3S. The summed E-state index contributed by atoms with van der Waals surface area (Å²) in [5.41, 5.74) is 2.28. The van der Waals surface area contributed by atoms with Gasteiger partial charge in [0.2, 0.25) is 10.0 Å². The first kappa shape index (κ1) is 19.3. The Labute approximate surface area is 171 Å². The van der Waals surface area contributed by atoms with Crippen LogP contribution in [0.4, 0.5) is 5.69 Å². The van der Waals surface area contributed by atoms with Crippen LogP contribution in [0.25, 0.3) is 0 Å². The molecule has 1 unspecified atom stereocenters. The molecule has 1 atom stereocenters. The first-order valence-corrected chi connectivity index (χ1v) is 11.6. The van der Waals surface area contributed by atoms with Gasteiger partial charge in [0.15, 0.2) is 0 Å². The summed E-state index contributed by atoms with van der Waals surface area (Å²) >= 11 is 6.29. The van der Waals surface area contributed by atoms with Crippen molar-refractivity contribution in [2.45, 2.75) is 31.7 Å². The Morgan fingerprint density at radius 1 is 1.04 bits per heavy atom. The number of anilines is 1. The average molecular weight is 419 g/mol. The molecule has 0 bridgehead atoms. The molecule has 0 radical (unpaired) electrons. The molecule has 2 aromatic rings. The molecule has 2 aromatic carbocycles. The summed E-state index contributed by atoms with van der Waals surface area (Å²) in [6.45, 7) is 1.23. The lowest BCUT2D eigenvalue weighted by molar-refractivity contribution is 0.0736. The molecule has 5 nitrogen and oxygen atoms in total. The van der Waals surface area contributed by atoms with E-state index in [1.807, 2.05) is 29.2 Å². The molecule has 4 rings (SSSR count). The van der Waals surface area contributed by atoms with Crippen molar-refractivity contribution in [3.63, 3.8) is 0 Å². The Morgan fingerprint density at radius 3 is 2.46 bits per heavy atom. The van der Waals surface area contributed by atoms with Crippen LogP contribution in [0.1, 0.15) is 35.2 Å². The topological polar surface area (TPSA) is 57.7 Å². The van der Waals surface area contributed by atoms with Crippen molar-refractivity contribution >= 4 is 33.2 Å². The summed E-state index contributed by atoms with van der Waals surface area (Å²) in [6, 6.07) is 14.8. The molecular weight excluding hydrogens is 396 g/mol. The summed E-state index contributed by atoms with van der Waals surface area (Å²) in [5, 5.41) is 0.734. The van der Waals surface area contributed by atoms with Crippen LogP contribution in [0, 0.1) is 0 Å². The minimum Gasteiger partial charge on any atom is -0.335 e. The van der Waals surface area contributed by atoms with Crippen LogP contribution in [0.3, 0.4) is 0 Å². The lowest BCUT2D eigenvalue weighted by Crippen LogP contribution is -2.36. The Bertz CT molecular complexity index is 975. The third-order valence-electron chi connectivity index (χ3n) is 5.55. The van der Waals surface area contributed by atoms with Gasteiger partial charge in [0, 0.05) is 29.7 Å². The molecule has 1 amide bonds. The van der Waals surface area contributed by atoms with Crippen molar-refractivity contribution in [3.8, 4) is 0 Å². The molecule has 0 N–H and O–H groups in total. The van der Waals surface area contributed by atoms with Crippen molar-refractivity contribution in [3.05, 3.63) is 64.7 Å². The number of amides is 1. The number of benzene rings is 2. The maximum atomic E-state index is 13.1. The molecule has 0 saturated carbocycles. The highest BCUT2D eigenvalue weighted by Crippen LogP contribution is 2.28. The molecule has 7 heteroatoms. The Kier molecular flexibility index (Phi) is 5.34. The number of likely N-dealkylation sites (tertiary alicyclic amines) is 1. The third kappa shape index (κ3) is 3.76. The van der Waals surface area contributed by atoms with Crippen molar-refractivity contribution in [1.29, 1.82) is 0 Å². The summed E-state index contributed by atoms with van der Waals surface area (Å²) in [4.78, 5) is 15.0. The van der Waals surface area contributed by atoms with E-state index in [-0.39, 0.29) is 17.7 Å². The molecule has 0 spiro atoms. The van der Waals surface area contributed by atoms with Gasteiger partial charge in [-0.05, 0) is 61.6 Å². The quantitative estimate of drug-likeness (QED) is 0.760. The van der Waals surface area contributed by atoms with Gasteiger partial charge < -0.3 is 4.90 Å². The lowest BCUT2D eigenvalue weighted by atomic mass is 10.0. The van der Waals surface area contributed by atoms with Gasteiger partial charge in [-0.3, -0.25) is 9.10 Å². The first-order chi connectivity index (χ1) is 13.5. The van der Waals surface area contributed by atoms with Gasteiger partial charge in [-0.25, -0.2) is 8.42 Å². The van der Waals surface area contributed by atoms with E-state index in [2.05, 4.69) is 0 Å². The zero-order valence-corrected chi connectivity index (χ0v) is 17.1. The number of hydrogen-bond acceptors (Lipinski definition) is 3. The van der Waals surface area contributed by atoms with Gasteiger partial charge >= 0.3 is 0 Å². The van der Waals surface area contributed by atoms with Crippen LogP contribution in [-0.4, -0.2) is 44.1 Å². The van der Waals surface area contributed by atoms with Gasteiger partial charge in [0.25, 0.3) is 5.91 Å². The minimum atomic E-state index is -3.21. The second-order valence-corrected chi connectivity index (χ2v) is 9.80. The first-order valence-electron chi connectivity index (χ1n) is 9.60. The Morgan fingerprint density at radius 2 is 1.79 bits per heavy atom. The van der Waals surface area contributed by atoms with Crippen LogP contribution in [0.2, 0.25) is 5.02 Å².